The average Bonchev–Trinajstić information content (AvgIpc) is 2.81. The van der Waals surface area contributed by atoms with E-state index in [1.165, 1.54) is 10.3 Å². The predicted octanol–water partition coefficient (Wildman–Crippen LogP) is 3.56. The van der Waals surface area contributed by atoms with E-state index in [1.54, 1.807) is 11.3 Å². The summed E-state index contributed by atoms with van der Waals surface area (Å²) in [6, 6.07) is 4.30. The number of hydrogen-bond donors (Lipinski definition) is 1. The predicted molar refractivity (Wildman–Crippen MR) is 71.4 cm³/mol. The van der Waals surface area contributed by atoms with Gasteiger partial charge in [0.2, 0.25) is 0 Å². The first kappa shape index (κ1) is 11.2. The van der Waals surface area contributed by atoms with Gasteiger partial charge in [-0.1, -0.05) is 13.8 Å². The second-order valence-corrected chi connectivity index (χ2v) is 6.18. The van der Waals surface area contributed by atoms with E-state index in [4.69, 9.17) is 0 Å². The third kappa shape index (κ3) is 1.53. The standard InChI is InChI=1S/C14H17NOS/c1-3-14(2)10(7-13(14)16)9-6-12-11(15-8-9)4-5-17-12/h4-6,8,10,13,16H,3,7H2,1-2H3. The zero-order valence-electron chi connectivity index (χ0n) is 10.2. The number of nitrogens with zero attached hydrogens (tertiary/aromatic N) is 1. The molecule has 0 aliphatic heterocycles. The van der Waals surface area contributed by atoms with Crippen molar-refractivity contribution in [1.82, 2.24) is 4.98 Å². The van der Waals surface area contributed by atoms with Gasteiger partial charge in [0, 0.05) is 11.6 Å². The first-order chi connectivity index (χ1) is 8.15. The SMILES string of the molecule is CCC1(C)C(O)CC1c1cnc2ccsc2c1. The van der Waals surface area contributed by atoms with Crippen LogP contribution in [-0.2, 0) is 0 Å². The number of pyridine rings is 1. The average molecular weight is 247 g/mol. The summed E-state index contributed by atoms with van der Waals surface area (Å²) in [5.74, 6) is 0.460. The summed E-state index contributed by atoms with van der Waals surface area (Å²) in [5.41, 5.74) is 2.40. The van der Waals surface area contributed by atoms with Gasteiger partial charge in [-0.3, -0.25) is 4.98 Å². The van der Waals surface area contributed by atoms with Crippen molar-refractivity contribution in [2.45, 2.75) is 38.7 Å². The van der Waals surface area contributed by atoms with Crippen molar-refractivity contribution in [3.8, 4) is 0 Å². The van der Waals surface area contributed by atoms with E-state index >= 15 is 0 Å². The lowest BCUT2D eigenvalue weighted by molar-refractivity contribution is -0.0778. The van der Waals surface area contributed by atoms with Gasteiger partial charge in [0.15, 0.2) is 0 Å². The molecule has 2 aromatic heterocycles. The number of aromatic nitrogens is 1. The Labute approximate surface area is 105 Å². The summed E-state index contributed by atoms with van der Waals surface area (Å²) >= 11 is 1.74. The Morgan fingerprint density at radius 3 is 3.12 bits per heavy atom. The summed E-state index contributed by atoms with van der Waals surface area (Å²) in [4.78, 5) is 4.50. The van der Waals surface area contributed by atoms with Crippen LogP contribution >= 0.6 is 11.3 Å². The summed E-state index contributed by atoms with van der Waals surface area (Å²) in [6.07, 6.45) is 3.72. The van der Waals surface area contributed by atoms with Crippen molar-refractivity contribution < 1.29 is 5.11 Å². The highest BCUT2D eigenvalue weighted by Crippen LogP contribution is 2.54. The lowest BCUT2D eigenvalue weighted by Gasteiger charge is -2.51. The highest BCUT2D eigenvalue weighted by Gasteiger charge is 2.50. The van der Waals surface area contributed by atoms with Crippen molar-refractivity contribution in [3.63, 3.8) is 0 Å². The van der Waals surface area contributed by atoms with Crippen LogP contribution < -0.4 is 0 Å². The summed E-state index contributed by atoms with van der Waals surface area (Å²) in [6.45, 7) is 4.34. The van der Waals surface area contributed by atoms with Crippen LogP contribution in [0.5, 0.6) is 0 Å². The number of hydrogen-bond acceptors (Lipinski definition) is 3. The van der Waals surface area contributed by atoms with Crippen LogP contribution in [-0.4, -0.2) is 16.2 Å². The van der Waals surface area contributed by atoms with E-state index < -0.39 is 0 Å². The van der Waals surface area contributed by atoms with Crippen molar-refractivity contribution >= 4 is 21.6 Å². The minimum Gasteiger partial charge on any atom is -0.393 e. The van der Waals surface area contributed by atoms with Crippen molar-refractivity contribution in [2.75, 3.05) is 0 Å². The highest BCUT2D eigenvalue weighted by atomic mass is 32.1. The number of thiophene rings is 1. The van der Waals surface area contributed by atoms with E-state index in [1.807, 2.05) is 6.20 Å². The van der Waals surface area contributed by atoms with Gasteiger partial charge in [0.1, 0.15) is 0 Å². The molecule has 0 amide bonds. The molecule has 3 rings (SSSR count). The Morgan fingerprint density at radius 2 is 2.41 bits per heavy atom. The Hall–Kier alpha value is -0.930. The summed E-state index contributed by atoms with van der Waals surface area (Å²) in [7, 11) is 0. The fourth-order valence-electron chi connectivity index (χ4n) is 2.88. The van der Waals surface area contributed by atoms with E-state index in [0.29, 0.717) is 5.92 Å². The van der Waals surface area contributed by atoms with E-state index in [9.17, 15) is 5.11 Å². The van der Waals surface area contributed by atoms with E-state index in [0.717, 1.165) is 18.4 Å². The number of rotatable bonds is 2. The third-order valence-electron chi connectivity index (χ3n) is 4.50. The molecule has 2 nitrogen and oxygen atoms in total. The lowest BCUT2D eigenvalue weighted by atomic mass is 9.55. The Bertz CT molecular complexity index is 550. The second kappa shape index (κ2) is 3.79. The molecule has 2 heterocycles. The summed E-state index contributed by atoms with van der Waals surface area (Å²) in [5, 5.41) is 12.0. The third-order valence-corrected chi connectivity index (χ3v) is 5.36. The zero-order chi connectivity index (χ0) is 12.0. The van der Waals surface area contributed by atoms with Crippen LogP contribution in [0.4, 0.5) is 0 Å². The monoisotopic (exact) mass is 247 g/mol. The molecule has 3 atom stereocenters. The van der Waals surface area contributed by atoms with Crippen molar-refractivity contribution in [2.24, 2.45) is 5.41 Å². The Kier molecular flexibility index (Phi) is 2.49. The number of fused-ring (bicyclic) bond motifs is 1. The molecule has 17 heavy (non-hydrogen) atoms. The fourth-order valence-corrected chi connectivity index (χ4v) is 3.67. The molecule has 0 radical (unpaired) electrons. The van der Waals surface area contributed by atoms with Gasteiger partial charge in [0.25, 0.3) is 0 Å². The highest BCUT2D eigenvalue weighted by molar-refractivity contribution is 7.17. The maximum atomic E-state index is 9.95. The van der Waals surface area contributed by atoms with Gasteiger partial charge in [-0.15, -0.1) is 11.3 Å². The minimum absolute atomic E-state index is 0.0343. The zero-order valence-corrected chi connectivity index (χ0v) is 11.0. The van der Waals surface area contributed by atoms with Crippen LogP contribution in [0.2, 0.25) is 0 Å². The topological polar surface area (TPSA) is 33.1 Å². The molecule has 3 heteroatoms. The molecule has 1 aliphatic rings. The number of aliphatic hydroxyl groups is 1. The van der Waals surface area contributed by atoms with Crippen LogP contribution in [0.25, 0.3) is 10.2 Å². The normalized spacial score (nSPS) is 32.6. The molecule has 0 spiro atoms. The Morgan fingerprint density at radius 1 is 1.59 bits per heavy atom. The van der Waals surface area contributed by atoms with Gasteiger partial charge in [-0.25, -0.2) is 0 Å². The largest absolute Gasteiger partial charge is 0.393 e. The van der Waals surface area contributed by atoms with Gasteiger partial charge in [-0.2, -0.15) is 0 Å². The molecule has 1 saturated carbocycles. The van der Waals surface area contributed by atoms with Crippen LogP contribution in [0.15, 0.2) is 23.7 Å². The van der Waals surface area contributed by atoms with Crippen LogP contribution in [0.3, 0.4) is 0 Å². The number of aliphatic hydroxyl groups excluding tert-OH is 1. The first-order valence-corrected chi connectivity index (χ1v) is 7.04. The van der Waals surface area contributed by atoms with Gasteiger partial charge >= 0.3 is 0 Å². The summed E-state index contributed by atoms with van der Waals surface area (Å²) < 4.78 is 1.25. The maximum Gasteiger partial charge on any atom is 0.0809 e. The molecule has 2 aromatic rings. The molecule has 1 N–H and O–H groups in total. The Balaban J connectivity index is 1.99. The van der Waals surface area contributed by atoms with Crippen molar-refractivity contribution in [1.29, 1.82) is 0 Å². The maximum absolute atomic E-state index is 9.95. The van der Waals surface area contributed by atoms with Crippen molar-refractivity contribution in [3.05, 3.63) is 29.3 Å². The molecule has 1 fully saturated rings. The quantitative estimate of drug-likeness (QED) is 0.880. The van der Waals surface area contributed by atoms with Gasteiger partial charge in [-0.05, 0) is 41.8 Å². The molecule has 1 aliphatic carbocycles. The van der Waals surface area contributed by atoms with Gasteiger partial charge in [0.05, 0.1) is 16.3 Å². The second-order valence-electron chi connectivity index (χ2n) is 5.24. The molecule has 0 bridgehead atoms. The van der Waals surface area contributed by atoms with E-state index in [2.05, 4.69) is 36.3 Å². The van der Waals surface area contributed by atoms with Crippen LogP contribution in [0.1, 0.15) is 38.2 Å². The first-order valence-electron chi connectivity index (χ1n) is 6.16. The molecule has 90 valence electrons. The lowest BCUT2D eigenvalue weighted by Crippen LogP contribution is -2.49. The minimum atomic E-state index is -0.156. The van der Waals surface area contributed by atoms with Gasteiger partial charge < -0.3 is 5.11 Å². The fraction of sp³-hybridized carbons (Fsp3) is 0.500. The van der Waals surface area contributed by atoms with E-state index in [-0.39, 0.29) is 11.5 Å². The molecule has 3 unspecified atom stereocenters. The molecule has 0 aromatic carbocycles. The molecular weight excluding hydrogens is 230 g/mol. The smallest absolute Gasteiger partial charge is 0.0809 e. The molecule has 0 saturated heterocycles. The molecular formula is C14H17NOS. The van der Waals surface area contributed by atoms with Crippen LogP contribution in [0, 0.1) is 5.41 Å².